The van der Waals surface area contributed by atoms with Crippen molar-refractivity contribution >= 4 is 5.97 Å². The lowest BCUT2D eigenvalue weighted by Crippen LogP contribution is -2.33. The van der Waals surface area contributed by atoms with E-state index in [1.165, 1.54) is 7.11 Å². The van der Waals surface area contributed by atoms with Crippen molar-refractivity contribution in [2.24, 2.45) is 0 Å². The van der Waals surface area contributed by atoms with Crippen molar-refractivity contribution in [3.05, 3.63) is 65.2 Å². The van der Waals surface area contributed by atoms with Crippen LogP contribution >= 0.6 is 0 Å². The number of halogens is 3. The van der Waals surface area contributed by atoms with Crippen LogP contribution in [0.4, 0.5) is 13.2 Å². The molecule has 0 aliphatic carbocycles. The number of nitrogens with zero attached hydrogens (tertiary/aromatic N) is 2. The van der Waals surface area contributed by atoms with E-state index in [9.17, 15) is 18.0 Å². The molecule has 0 fully saturated rings. The minimum atomic E-state index is -1.57. The van der Waals surface area contributed by atoms with Gasteiger partial charge in [-0.25, -0.2) is 18.0 Å². The van der Waals surface area contributed by atoms with Gasteiger partial charge in [0.2, 0.25) is 0 Å². The van der Waals surface area contributed by atoms with Crippen molar-refractivity contribution in [2.45, 2.75) is 12.5 Å². The van der Waals surface area contributed by atoms with Crippen molar-refractivity contribution in [3.8, 4) is 0 Å². The van der Waals surface area contributed by atoms with Gasteiger partial charge in [0.25, 0.3) is 0 Å². The Kier molecular flexibility index (Phi) is 5.92. The van der Waals surface area contributed by atoms with Crippen LogP contribution in [0.1, 0.15) is 17.2 Å². The summed E-state index contributed by atoms with van der Waals surface area (Å²) < 4.78 is 44.8. The van der Waals surface area contributed by atoms with Crippen molar-refractivity contribution in [2.75, 3.05) is 20.7 Å². The van der Waals surface area contributed by atoms with Crippen LogP contribution in [-0.2, 0) is 16.0 Å². The first-order valence-electron chi connectivity index (χ1n) is 7.25. The summed E-state index contributed by atoms with van der Waals surface area (Å²) in [5.41, 5.74) is 0.993. The number of ether oxygens (including phenoxy) is 1. The maximum Gasteiger partial charge on any atom is 0.327 e. The Labute approximate surface area is 137 Å². The van der Waals surface area contributed by atoms with Crippen molar-refractivity contribution in [1.29, 1.82) is 0 Å². The van der Waals surface area contributed by atoms with Crippen LogP contribution < -0.4 is 0 Å². The van der Waals surface area contributed by atoms with Crippen LogP contribution in [0.15, 0.2) is 36.7 Å². The van der Waals surface area contributed by atoms with E-state index in [1.54, 1.807) is 24.3 Å². The van der Waals surface area contributed by atoms with Gasteiger partial charge in [0, 0.05) is 18.9 Å². The van der Waals surface area contributed by atoms with Crippen molar-refractivity contribution < 1.29 is 22.7 Å². The van der Waals surface area contributed by atoms with Gasteiger partial charge in [-0.3, -0.25) is 9.88 Å². The van der Waals surface area contributed by atoms with Crippen LogP contribution in [0.5, 0.6) is 0 Å². The van der Waals surface area contributed by atoms with Gasteiger partial charge in [0.05, 0.1) is 7.11 Å². The molecule has 1 atom stereocenters. The van der Waals surface area contributed by atoms with Crippen molar-refractivity contribution in [3.63, 3.8) is 0 Å². The number of rotatable bonds is 6. The van der Waals surface area contributed by atoms with Gasteiger partial charge in [-0.1, -0.05) is 0 Å². The van der Waals surface area contributed by atoms with E-state index in [0.29, 0.717) is 13.0 Å². The topological polar surface area (TPSA) is 42.4 Å². The summed E-state index contributed by atoms with van der Waals surface area (Å²) in [6.45, 7) is 0.421. The third kappa shape index (κ3) is 4.11. The second-order valence-electron chi connectivity index (χ2n) is 5.31. The van der Waals surface area contributed by atoms with Crippen LogP contribution in [0, 0.1) is 17.5 Å². The molecule has 128 valence electrons. The van der Waals surface area contributed by atoms with E-state index >= 15 is 0 Å². The largest absolute Gasteiger partial charge is 0.468 e. The Balaban J connectivity index is 2.23. The number of methoxy groups -OCH3 is 1. The Morgan fingerprint density at radius 2 is 1.79 bits per heavy atom. The molecule has 7 heteroatoms. The molecule has 0 amide bonds. The summed E-state index contributed by atoms with van der Waals surface area (Å²) in [5.74, 6) is -4.94. The fourth-order valence-electron chi connectivity index (χ4n) is 2.40. The summed E-state index contributed by atoms with van der Waals surface area (Å²) >= 11 is 0. The number of benzene rings is 1. The molecular formula is C17H17F3N2O2. The van der Waals surface area contributed by atoms with Gasteiger partial charge in [-0.05, 0) is 48.9 Å². The van der Waals surface area contributed by atoms with Gasteiger partial charge in [-0.2, -0.15) is 0 Å². The standard InChI is InChI=1S/C17H17F3N2O2/c1-22(8-5-11-3-6-21-7-4-11)16(17(23)24-2)12-9-13(18)15(20)14(19)10-12/h3-4,6-7,9-10,16H,5,8H2,1-2H3/t16-/m0/s1. The van der Waals surface area contributed by atoms with E-state index in [2.05, 4.69) is 4.98 Å². The van der Waals surface area contributed by atoms with E-state index in [1.807, 2.05) is 12.1 Å². The smallest absolute Gasteiger partial charge is 0.327 e. The number of pyridine rings is 1. The third-order valence-electron chi connectivity index (χ3n) is 3.69. The zero-order valence-corrected chi connectivity index (χ0v) is 13.3. The number of esters is 1. The van der Waals surface area contributed by atoms with Gasteiger partial charge in [0.1, 0.15) is 6.04 Å². The molecule has 24 heavy (non-hydrogen) atoms. The monoisotopic (exact) mass is 338 g/mol. The lowest BCUT2D eigenvalue weighted by atomic mass is 10.0. The highest BCUT2D eigenvalue weighted by molar-refractivity contribution is 5.77. The molecule has 0 N–H and O–H groups in total. The number of hydrogen-bond donors (Lipinski definition) is 0. The molecule has 0 saturated carbocycles. The Morgan fingerprint density at radius 1 is 1.21 bits per heavy atom. The molecule has 1 heterocycles. The summed E-state index contributed by atoms with van der Waals surface area (Å²) in [5, 5.41) is 0. The molecule has 1 aromatic heterocycles. The molecule has 4 nitrogen and oxygen atoms in total. The maximum atomic E-state index is 13.5. The molecule has 2 aromatic rings. The van der Waals surface area contributed by atoms with E-state index in [-0.39, 0.29) is 5.56 Å². The molecular weight excluding hydrogens is 321 g/mol. The highest BCUT2D eigenvalue weighted by Crippen LogP contribution is 2.25. The lowest BCUT2D eigenvalue weighted by molar-refractivity contribution is -0.146. The van der Waals surface area contributed by atoms with Crippen molar-refractivity contribution in [1.82, 2.24) is 9.88 Å². The van der Waals surface area contributed by atoms with E-state index < -0.39 is 29.5 Å². The zero-order chi connectivity index (χ0) is 17.7. The predicted molar refractivity (Wildman–Crippen MR) is 81.6 cm³/mol. The summed E-state index contributed by atoms with van der Waals surface area (Å²) in [4.78, 5) is 17.6. The van der Waals surface area contributed by atoms with Crippen LogP contribution in [-0.4, -0.2) is 36.6 Å². The summed E-state index contributed by atoms with van der Waals surface area (Å²) in [6.07, 6.45) is 3.90. The predicted octanol–water partition coefficient (Wildman–Crippen LogP) is 2.89. The fourth-order valence-corrected chi connectivity index (χ4v) is 2.40. The Bertz CT molecular complexity index is 687. The summed E-state index contributed by atoms with van der Waals surface area (Å²) in [6, 6.07) is 4.24. The minimum Gasteiger partial charge on any atom is -0.468 e. The first-order valence-corrected chi connectivity index (χ1v) is 7.25. The van der Waals surface area contributed by atoms with Crippen LogP contribution in [0.3, 0.4) is 0 Å². The minimum absolute atomic E-state index is 0.00419. The molecule has 0 aliphatic rings. The second kappa shape index (κ2) is 7.92. The number of aromatic nitrogens is 1. The molecule has 0 bridgehead atoms. The first kappa shape index (κ1) is 17.9. The van der Waals surface area contributed by atoms with E-state index in [0.717, 1.165) is 17.7 Å². The van der Waals surface area contributed by atoms with Gasteiger partial charge < -0.3 is 4.74 Å². The third-order valence-corrected chi connectivity index (χ3v) is 3.69. The normalized spacial score (nSPS) is 12.2. The second-order valence-corrected chi connectivity index (χ2v) is 5.31. The molecule has 1 aromatic carbocycles. The quantitative estimate of drug-likeness (QED) is 0.600. The van der Waals surface area contributed by atoms with Gasteiger partial charge in [-0.15, -0.1) is 0 Å². The molecule has 0 aliphatic heterocycles. The number of likely N-dealkylation sites (N-methyl/N-ethyl adjacent to an activating group) is 1. The van der Waals surface area contributed by atoms with Crippen LogP contribution in [0.25, 0.3) is 0 Å². The number of carbonyl (C=O) groups excluding carboxylic acids is 1. The average molecular weight is 338 g/mol. The summed E-state index contributed by atoms with van der Waals surface area (Å²) in [7, 11) is 2.81. The zero-order valence-electron chi connectivity index (χ0n) is 13.3. The van der Waals surface area contributed by atoms with Crippen LogP contribution in [0.2, 0.25) is 0 Å². The van der Waals surface area contributed by atoms with Gasteiger partial charge in [0.15, 0.2) is 17.5 Å². The molecule has 2 rings (SSSR count). The SMILES string of the molecule is COC(=O)[C@H](c1cc(F)c(F)c(F)c1)N(C)CCc1ccncc1. The fraction of sp³-hybridized carbons (Fsp3) is 0.294. The highest BCUT2D eigenvalue weighted by Gasteiger charge is 2.28. The molecule has 0 spiro atoms. The number of hydrogen-bond acceptors (Lipinski definition) is 4. The van der Waals surface area contributed by atoms with Gasteiger partial charge >= 0.3 is 5.97 Å². The Morgan fingerprint density at radius 3 is 2.33 bits per heavy atom. The molecule has 0 unspecified atom stereocenters. The highest BCUT2D eigenvalue weighted by atomic mass is 19.2. The molecule has 0 radical (unpaired) electrons. The number of carbonyl (C=O) groups is 1. The lowest BCUT2D eigenvalue weighted by Gasteiger charge is -2.26. The molecule has 0 saturated heterocycles. The first-order chi connectivity index (χ1) is 11.4. The maximum absolute atomic E-state index is 13.5. The average Bonchev–Trinajstić information content (AvgIpc) is 2.58. The Hall–Kier alpha value is -2.41. The van der Waals surface area contributed by atoms with E-state index in [4.69, 9.17) is 4.74 Å².